The van der Waals surface area contributed by atoms with Gasteiger partial charge in [-0.1, -0.05) is 12.1 Å². The van der Waals surface area contributed by atoms with E-state index in [4.69, 9.17) is 9.47 Å². The summed E-state index contributed by atoms with van der Waals surface area (Å²) in [6.07, 6.45) is 2.22. The lowest BCUT2D eigenvalue weighted by molar-refractivity contribution is -0.132. The molecule has 1 saturated heterocycles. The Bertz CT molecular complexity index is 482. The number of methoxy groups -OCH3 is 1. The molecule has 136 valence electrons. The number of amides is 1. The van der Waals surface area contributed by atoms with Crippen LogP contribution in [0.1, 0.15) is 25.3 Å². The SMILES string of the molecule is COCCc1ccc(OCCCC(=O)N2CCNC(C)C2)cc1.Cl. The fourth-order valence-electron chi connectivity index (χ4n) is 2.70. The molecule has 5 nitrogen and oxygen atoms in total. The maximum absolute atomic E-state index is 12.1. The molecular formula is C18H29ClN2O3. The molecule has 1 amide bonds. The third-order valence-electron chi connectivity index (χ3n) is 4.04. The van der Waals surface area contributed by atoms with Crippen molar-refractivity contribution in [1.82, 2.24) is 10.2 Å². The summed E-state index contributed by atoms with van der Waals surface area (Å²) in [5.41, 5.74) is 1.24. The van der Waals surface area contributed by atoms with Crippen molar-refractivity contribution in [3.63, 3.8) is 0 Å². The van der Waals surface area contributed by atoms with Crippen molar-refractivity contribution in [2.45, 2.75) is 32.2 Å². The molecule has 1 unspecified atom stereocenters. The van der Waals surface area contributed by atoms with Gasteiger partial charge in [0.1, 0.15) is 5.75 Å². The molecule has 1 aromatic rings. The topological polar surface area (TPSA) is 50.8 Å². The lowest BCUT2D eigenvalue weighted by Gasteiger charge is -2.32. The highest BCUT2D eigenvalue weighted by molar-refractivity contribution is 5.85. The Kier molecular flexibility index (Phi) is 9.76. The molecule has 1 aliphatic rings. The zero-order valence-electron chi connectivity index (χ0n) is 14.6. The number of nitrogens with one attached hydrogen (secondary N) is 1. The number of hydrogen-bond acceptors (Lipinski definition) is 4. The van der Waals surface area contributed by atoms with Crippen LogP contribution in [0.25, 0.3) is 0 Å². The van der Waals surface area contributed by atoms with Crippen LogP contribution in [0, 0.1) is 0 Å². The van der Waals surface area contributed by atoms with Crippen LogP contribution in [0.15, 0.2) is 24.3 Å². The predicted molar refractivity (Wildman–Crippen MR) is 98.0 cm³/mol. The molecule has 1 atom stereocenters. The quantitative estimate of drug-likeness (QED) is 0.726. The van der Waals surface area contributed by atoms with Gasteiger partial charge in [0.2, 0.25) is 5.91 Å². The van der Waals surface area contributed by atoms with Crippen molar-refractivity contribution in [2.75, 3.05) is 40.0 Å². The average Bonchev–Trinajstić information content (AvgIpc) is 2.57. The Morgan fingerprint density at radius 3 is 2.71 bits per heavy atom. The molecule has 0 aliphatic carbocycles. The van der Waals surface area contributed by atoms with Crippen molar-refractivity contribution in [3.05, 3.63) is 29.8 Å². The third kappa shape index (κ3) is 7.07. The van der Waals surface area contributed by atoms with Gasteiger partial charge in [-0.3, -0.25) is 4.79 Å². The summed E-state index contributed by atoms with van der Waals surface area (Å²) in [4.78, 5) is 14.1. The number of benzene rings is 1. The molecule has 0 bridgehead atoms. The van der Waals surface area contributed by atoms with E-state index in [9.17, 15) is 4.79 Å². The minimum absolute atomic E-state index is 0. The van der Waals surface area contributed by atoms with Gasteiger partial charge < -0.3 is 19.7 Å². The van der Waals surface area contributed by atoms with Gasteiger partial charge in [-0.15, -0.1) is 12.4 Å². The van der Waals surface area contributed by atoms with Crippen molar-refractivity contribution in [2.24, 2.45) is 0 Å². The maximum Gasteiger partial charge on any atom is 0.222 e. The summed E-state index contributed by atoms with van der Waals surface area (Å²) < 4.78 is 10.8. The van der Waals surface area contributed by atoms with E-state index in [0.717, 1.165) is 44.8 Å². The molecule has 24 heavy (non-hydrogen) atoms. The number of halogens is 1. The molecule has 1 N–H and O–H groups in total. The molecule has 1 fully saturated rings. The second-order valence-corrected chi connectivity index (χ2v) is 6.03. The molecule has 2 rings (SSSR count). The van der Waals surface area contributed by atoms with Gasteiger partial charge in [0.15, 0.2) is 0 Å². The largest absolute Gasteiger partial charge is 0.494 e. The van der Waals surface area contributed by atoms with Gasteiger partial charge in [0.05, 0.1) is 13.2 Å². The smallest absolute Gasteiger partial charge is 0.222 e. The van der Waals surface area contributed by atoms with Gasteiger partial charge in [-0.05, 0) is 37.5 Å². The Hall–Kier alpha value is -1.30. The lowest BCUT2D eigenvalue weighted by atomic mass is 10.1. The van der Waals surface area contributed by atoms with E-state index in [-0.39, 0.29) is 18.3 Å². The van der Waals surface area contributed by atoms with Gasteiger partial charge in [-0.25, -0.2) is 0 Å². The number of carbonyl (C=O) groups excluding carboxylic acids is 1. The number of nitrogens with zero attached hydrogens (tertiary/aromatic N) is 1. The van der Waals surface area contributed by atoms with Crippen LogP contribution in [0.2, 0.25) is 0 Å². The number of piperazine rings is 1. The van der Waals surface area contributed by atoms with Crippen LogP contribution < -0.4 is 10.1 Å². The van der Waals surface area contributed by atoms with Gasteiger partial charge in [0.25, 0.3) is 0 Å². The Morgan fingerprint density at radius 1 is 1.29 bits per heavy atom. The van der Waals surface area contributed by atoms with Crippen LogP contribution in [0.3, 0.4) is 0 Å². The molecule has 1 aromatic carbocycles. The van der Waals surface area contributed by atoms with E-state index in [1.165, 1.54) is 5.56 Å². The first-order valence-electron chi connectivity index (χ1n) is 8.41. The van der Waals surface area contributed by atoms with Crippen molar-refractivity contribution < 1.29 is 14.3 Å². The standard InChI is InChI=1S/C18H28N2O3.ClH/c1-15-14-20(11-10-19-15)18(21)4-3-12-23-17-7-5-16(6-8-17)9-13-22-2;/h5-8,15,19H,3-4,9-14H2,1-2H3;1H. The van der Waals surface area contributed by atoms with Gasteiger partial charge in [-0.2, -0.15) is 0 Å². The fraction of sp³-hybridized carbons (Fsp3) is 0.611. The van der Waals surface area contributed by atoms with Crippen molar-refractivity contribution >= 4 is 18.3 Å². The van der Waals surface area contributed by atoms with Crippen LogP contribution in [-0.2, 0) is 16.0 Å². The molecule has 0 radical (unpaired) electrons. The average molecular weight is 357 g/mol. The Balaban J connectivity index is 0.00000288. The summed E-state index contributed by atoms with van der Waals surface area (Å²) in [7, 11) is 1.71. The number of hydrogen-bond donors (Lipinski definition) is 1. The molecular weight excluding hydrogens is 328 g/mol. The number of rotatable bonds is 8. The second-order valence-electron chi connectivity index (χ2n) is 6.03. The predicted octanol–water partition coefficient (Wildman–Crippen LogP) is 2.28. The molecule has 1 heterocycles. The summed E-state index contributed by atoms with van der Waals surface area (Å²) in [6.45, 7) is 5.92. The summed E-state index contributed by atoms with van der Waals surface area (Å²) in [6, 6.07) is 8.46. The third-order valence-corrected chi connectivity index (χ3v) is 4.04. The van der Waals surface area contributed by atoms with Crippen molar-refractivity contribution in [3.8, 4) is 5.75 Å². The van der Waals surface area contributed by atoms with Crippen molar-refractivity contribution in [1.29, 1.82) is 0 Å². The minimum Gasteiger partial charge on any atom is -0.494 e. The molecule has 0 aromatic heterocycles. The summed E-state index contributed by atoms with van der Waals surface area (Å²) in [5.74, 6) is 1.09. The van der Waals surface area contributed by atoms with E-state index in [2.05, 4.69) is 24.4 Å². The molecule has 0 saturated carbocycles. The highest BCUT2D eigenvalue weighted by Gasteiger charge is 2.19. The minimum atomic E-state index is 0. The first kappa shape index (κ1) is 20.7. The first-order valence-corrected chi connectivity index (χ1v) is 8.41. The van der Waals surface area contributed by atoms with Crippen LogP contribution in [0.4, 0.5) is 0 Å². The van der Waals surface area contributed by atoms with Crippen LogP contribution in [-0.4, -0.2) is 56.8 Å². The zero-order valence-corrected chi connectivity index (χ0v) is 15.4. The van der Waals surface area contributed by atoms with Crippen LogP contribution >= 0.6 is 12.4 Å². The second kappa shape index (κ2) is 11.3. The Labute approximate surface area is 151 Å². The number of carbonyl (C=O) groups is 1. The van der Waals surface area contributed by atoms with Crippen LogP contribution in [0.5, 0.6) is 5.75 Å². The summed E-state index contributed by atoms with van der Waals surface area (Å²) in [5, 5.41) is 3.35. The van der Waals surface area contributed by atoms with E-state index in [1.54, 1.807) is 7.11 Å². The number of ether oxygens (including phenoxy) is 2. The van der Waals surface area contributed by atoms with E-state index >= 15 is 0 Å². The highest BCUT2D eigenvalue weighted by atomic mass is 35.5. The summed E-state index contributed by atoms with van der Waals surface area (Å²) >= 11 is 0. The maximum atomic E-state index is 12.1. The molecule has 6 heteroatoms. The highest BCUT2D eigenvalue weighted by Crippen LogP contribution is 2.13. The van der Waals surface area contributed by atoms with Gasteiger partial charge >= 0.3 is 0 Å². The fourth-order valence-corrected chi connectivity index (χ4v) is 2.70. The Morgan fingerprint density at radius 2 is 2.04 bits per heavy atom. The molecule has 1 aliphatic heterocycles. The van der Waals surface area contributed by atoms with E-state index in [1.807, 2.05) is 17.0 Å². The normalized spacial score (nSPS) is 17.2. The monoisotopic (exact) mass is 356 g/mol. The van der Waals surface area contributed by atoms with E-state index < -0.39 is 0 Å². The molecule has 0 spiro atoms. The van der Waals surface area contributed by atoms with Gasteiger partial charge in [0, 0.05) is 39.2 Å². The van der Waals surface area contributed by atoms with E-state index in [0.29, 0.717) is 19.1 Å². The zero-order chi connectivity index (χ0) is 16.5. The first-order chi connectivity index (χ1) is 11.2. The lowest BCUT2D eigenvalue weighted by Crippen LogP contribution is -2.51.